The first-order valence-electron chi connectivity index (χ1n) is 8.18. The Balaban J connectivity index is 1.84. The van der Waals surface area contributed by atoms with Gasteiger partial charge in [0, 0.05) is 12.1 Å². The molecule has 23 heavy (non-hydrogen) atoms. The lowest BCUT2D eigenvalue weighted by Crippen LogP contribution is -2.52. The molecule has 1 fully saturated rings. The van der Waals surface area contributed by atoms with Crippen molar-refractivity contribution in [3.8, 4) is 0 Å². The van der Waals surface area contributed by atoms with E-state index in [9.17, 15) is 4.79 Å². The number of amides is 1. The Bertz CT molecular complexity index is 596. The van der Waals surface area contributed by atoms with Crippen molar-refractivity contribution >= 4 is 13.0 Å². The largest absolute Gasteiger partial charge is 0.482 e. The Kier molecular flexibility index (Phi) is 4.11. The minimum atomic E-state index is -0.405. The van der Waals surface area contributed by atoms with Crippen molar-refractivity contribution in [3.63, 3.8) is 0 Å². The summed E-state index contributed by atoms with van der Waals surface area (Å²) < 4.78 is 12.3. The fourth-order valence-electron chi connectivity index (χ4n) is 2.97. The van der Waals surface area contributed by atoms with Crippen LogP contribution in [0, 0.1) is 0 Å². The zero-order valence-corrected chi connectivity index (χ0v) is 14.3. The molecular formula is C18H24BNO3. The van der Waals surface area contributed by atoms with Crippen LogP contribution in [-0.4, -0.2) is 41.6 Å². The fraction of sp³-hybridized carbons (Fsp3) is 0.500. The third kappa shape index (κ3) is 2.95. The van der Waals surface area contributed by atoms with Gasteiger partial charge in [-0.3, -0.25) is 4.79 Å². The van der Waals surface area contributed by atoms with Crippen LogP contribution < -0.4 is 0 Å². The second-order valence-corrected chi connectivity index (χ2v) is 7.22. The molecule has 5 heteroatoms. The molecule has 0 spiro atoms. The van der Waals surface area contributed by atoms with E-state index in [1.165, 1.54) is 0 Å². The molecule has 0 aliphatic carbocycles. The average molecular weight is 313 g/mol. The first kappa shape index (κ1) is 16.3. The Morgan fingerprint density at radius 2 is 1.70 bits per heavy atom. The molecule has 4 nitrogen and oxygen atoms in total. The number of carbonyl (C=O) groups is 1. The summed E-state index contributed by atoms with van der Waals surface area (Å²) in [5.41, 5.74) is -0.0788. The van der Waals surface area contributed by atoms with E-state index in [4.69, 9.17) is 9.31 Å². The molecule has 2 aliphatic rings. The summed E-state index contributed by atoms with van der Waals surface area (Å²) in [6.07, 6.45) is 4.88. The van der Waals surface area contributed by atoms with Crippen molar-refractivity contribution in [2.75, 3.05) is 6.54 Å². The molecule has 2 heterocycles. The van der Waals surface area contributed by atoms with Gasteiger partial charge in [-0.1, -0.05) is 30.4 Å². The predicted octanol–water partition coefficient (Wildman–Crippen LogP) is 3.09. The van der Waals surface area contributed by atoms with Crippen molar-refractivity contribution < 1.29 is 14.1 Å². The normalized spacial score (nSPS) is 25.7. The Hall–Kier alpha value is -1.59. The summed E-state index contributed by atoms with van der Waals surface area (Å²) in [6.45, 7) is 8.73. The second-order valence-electron chi connectivity index (χ2n) is 7.22. The molecule has 0 aromatic heterocycles. The van der Waals surface area contributed by atoms with Crippen LogP contribution in [0.2, 0.25) is 0 Å². The lowest BCUT2D eigenvalue weighted by atomic mass is 9.73. The molecule has 122 valence electrons. The van der Waals surface area contributed by atoms with E-state index in [1.807, 2.05) is 69.0 Å². The van der Waals surface area contributed by atoms with Gasteiger partial charge in [0.15, 0.2) is 0 Å². The van der Waals surface area contributed by atoms with Crippen molar-refractivity contribution in [2.45, 2.75) is 51.3 Å². The van der Waals surface area contributed by atoms with Gasteiger partial charge in [-0.2, -0.15) is 0 Å². The van der Waals surface area contributed by atoms with Gasteiger partial charge in [0.1, 0.15) is 0 Å². The second kappa shape index (κ2) is 5.80. The summed E-state index contributed by atoms with van der Waals surface area (Å²) in [6, 6.07) is 9.39. The molecular weight excluding hydrogens is 289 g/mol. The summed E-state index contributed by atoms with van der Waals surface area (Å²) in [5.74, 6) is -0.0802. The van der Waals surface area contributed by atoms with Gasteiger partial charge in [0.25, 0.3) is 5.91 Å². The molecule has 0 saturated carbocycles. The average Bonchev–Trinajstić information content (AvgIpc) is 2.75. The van der Waals surface area contributed by atoms with Crippen LogP contribution in [0.1, 0.15) is 44.5 Å². The van der Waals surface area contributed by atoms with Crippen LogP contribution >= 0.6 is 0 Å². The maximum atomic E-state index is 12.9. The summed E-state index contributed by atoms with van der Waals surface area (Å²) in [4.78, 5) is 14.7. The van der Waals surface area contributed by atoms with Gasteiger partial charge < -0.3 is 14.2 Å². The minimum absolute atomic E-state index is 0.0228. The van der Waals surface area contributed by atoms with Crippen molar-refractivity contribution in [3.05, 3.63) is 48.0 Å². The quantitative estimate of drug-likeness (QED) is 0.622. The summed E-state index contributed by atoms with van der Waals surface area (Å²) in [5, 5.41) is 0. The standard InChI is InChI=1S/C18H24BNO3/c1-17(2)18(3,4)23-19(22-17)15-12-8-9-13-20(15)16(21)14-10-6-5-7-11-14/h5-11,15H,12-13H2,1-4H3. The number of benzene rings is 1. The van der Waals surface area contributed by atoms with E-state index in [2.05, 4.69) is 6.08 Å². The maximum absolute atomic E-state index is 12.9. The molecule has 1 unspecified atom stereocenters. The van der Waals surface area contributed by atoms with Gasteiger partial charge in [0.05, 0.1) is 17.1 Å². The SMILES string of the molecule is CC1(C)OB(C2CC=CCN2C(=O)c2ccccc2)OC1(C)C. The molecule has 2 aliphatic heterocycles. The summed E-state index contributed by atoms with van der Waals surface area (Å²) in [7, 11) is -0.405. The third-order valence-corrected chi connectivity index (χ3v) is 5.11. The van der Waals surface area contributed by atoms with Crippen LogP contribution in [-0.2, 0) is 9.31 Å². The fourth-order valence-corrected chi connectivity index (χ4v) is 2.97. The highest BCUT2D eigenvalue weighted by Crippen LogP contribution is 2.39. The number of rotatable bonds is 2. The van der Waals surface area contributed by atoms with Crippen molar-refractivity contribution in [2.24, 2.45) is 0 Å². The Morgan fingerprint density at radius 1 is 1.09 bits per heavy atom. The molecule has 1 atom stereocenters. The molecule has 0 N–H and O–H groups in total. The zero-order valence-electron chi connectivity index (χ0n) is 14.3. The molecule has 1 amide bonds. The Morgan fingerprint density at radius 3 is 2.30 bits per heavy atom. The predicted molar refractivity (Wildman–Crippen MR) is 91.1 cm³/mol. The molecule has 1 aromatic carbocycles. The summed E-state index contributed by atoms with van der Waals surface area (Å²) >= 11 is 0. The van der Waals surface area contributed by atoms with E-state index >= 15 is 0 Å². The lowest BCUT2D eigenvalue weighted by molar-refractivity contribution is 0.00578. The number of carbonyl (C=O) groups excluding carboxylic acids is 1. The monoisotopic (exact) mass is 313 g/mol. The lowest BCUT2D eigenvalue weighted by Gasteiger charge is -2.34. The van der Waals surface area contributed by atoms with Gasteiger partial charge in [-0.15, -0.1) is 0 Å². The van der Waals surface area contributed by atoms with Crippen LogP contribution in [0.25, 0.3) is 0 Å². The minimum Gasteiger partial charge on any atom is -0.402 e. The van der Waals surface area contributed by atoms with Gasteiger partial charge in [-0.05, 0) is 46.2 Å². The number of hydrogen-bond acceptors (Lipinski definition) is 3. The number of hydrogen-bond donors (Lipinski definition) is 0. The molecule has 3 rings (SSSR count). The van der Waals surface area contributed by atoms with E-state index < -0.39 is 7.12 Å². The van der Waals surface area contributed by atoms with Gasteiger partial charge in [-0.25, -0.2) is 0 Å². The van der Waals surface area contributed by atoms with E-state index in [0.29, 0.717) is 12.1 Å². The zero-order chi connectivity index (χ0) is 16.7. The van der Waals surface area contributed by atoms with Crippen molar-refractivity contribution in [1.29, 1.82) is 0 Å². The highest BCUT2D eigenvalue weighted by Gasteiger charge is 2.55. The Labute approximate surface area is 138 Å². The van der Waals surface area contributed by atoms with Gasteiger partial charge >= 0.3 is 7.12 Å². The number of nitrogens with zero attached hydrogens (tertiary/aromatic N) is 1. The van der Waals surface area contributed by atoms with Crippen molar-refractivity contribution in [1.82, 2.24) is 4.90 Å². The maximum Gasteiger partial charge on any atom is 0.482 e. The molecule has 1 aromatic rings. The highest BCUT2D eigenvalue weighted by atomic mass is 16.7. The molecule has 0 bridgehead atoms. The topological polar surface area (TPSA) is 38.8 Å². The van der Waals surface area contributed by atoms with Crippen LogP contribution in [0.5, 0.6) is 0 Å². The van der Waals surface area contributed by atoms with E-state index in [0.717, 1.165) is 6.42 Å². The molecule has 0 radical (unpaired) electrons. The smallest absolute Gasteiger partial charge is 0.402 e. The van der Waals surface area contributed by atoms with Crippen LogP contribution in [0.15, 0.2) is 42.5 Å². The van der Waals surface area contributed by atoms with E-state index in [-0.39, 0.29) is 23.1 Å². The first-order valence-corrected chi connectivity index (χ1v) is 8.18. The van der Waals surface area contributed by atoms with Gasteiger partial charge in [0.2, 0.25) is 0 Å². The molecule has 1 saturated heterocycles. The van der Waals surface area contributed by atoms with Crippen LogP contribution in [0.4, 0.5) is 0 Å². The van der Waals surface area contributed by atoms with E-state index in [1.54, 1.807) is 0 Å². The third-order valence-electron chi connectivity index (χ3n) is 5.11. The first-order chi connectivity index (χ1) is 10.8. The highest BCUT2D eigenvalue weighted by molar-refractivity contribution is 6.48. The van der Waals surface area contributed by atoms with Crippen LogP contribution in [0.3, 0.4) is 0 Å².